The summed E-state index contributed by atoms with van der Waals surface area (Å²) in [5, 5.41) is 10.1. The van der Waals surface area contributed by atoms with E-state index in [1.165, 1.54) is 7.11 Å². The molecule has 0 unspecified atom stereocenters. The number of aliphatic hydroxyl groups excluding tert-OH is 1. The molecule has 1 saturated heterocycles. The monoisotopic (exact) mass is 369 g/mol. The minimum absolute atomic E-state index is 0.176. The third-order valence-corrected chi connectivity index (χ3v) is 4.78. The Morgan fingerprint density at radius 2 is 1.96 bits per heavy atom. The Labute approximate surface area is 158 Å². The summed E-state index contributed by atoms with van der Waals surface area (Å²) in [7, 11) is 1.34. The van der Waals surface area contributed by atoms with E-state index >= 15 is 0 Å². The molecule has 0 bridgehead atoms. The van der Waals surface area contributed by atoms with Crippen LogP contribution < -0.4 is 0 Å². The Kier molecular flexibility index (Phi) is 5.88. The number of methoxy groups -OCH3 is 1. The second-order valence-electron chi connectivity index (χ2n) is 6.38. The van der Waals surface area contributed by atoms with Crippen LogP contribution in [0.2, 0.25) is 0 Å². The molecule has 142 valence electrons. The fourth-order valence-corrected chi connectivity index (χ4v) is 3.37. The maximum atomic E-state index is 13.0. The van der Waals surface area contributed by atoms with Crippen molar-refractivity contribution in [3.8, 4) is 11.1 Å². The van der Waals surface area contributed by atoms with Crippen molar-refractivity contribution in [1.29, 1.82) is 0 Å². The van der Waals surface area contributed by atoms with Gasteiger partial charge in [0.25, 0.3) is 5.91 Å². The van der Waals surface area contributed by atoms with Gasteiger partial charge in [-0.1, -0.05) is 30.3 Å². The summed E-state index contributed by atoms with van der Waals surface area (Å²) < 4.78 is 10.1. The van der Waals surface area contributed by atoms with Gasteiger partial charge in [0, 0.05) is 12.1 Å². The molecule has 1 fully saturated rings. The summed E-state index contributed by atoms with van der Waals surface area (Å²) in [6, 6.07) is 13.9. The number of esters is 1. The number of ether oxygens (including phenoxy) is 2. The molecule has 1 aliphatic rings. The van der Waals surface area contributed by atoms with Gasteiger partial charge in [-0.3, -0.25) is 4.79 Å². The van der Waals surface area contributed by atoms with E-state index in [0.717, 1.165) is 5.56 Å². The van der Waals surface area contributed by atoms with Gasteiger partial charge < -0.3 is 19.5 Å². The highest BCUT2D eigenvalue weighted by atomic mass is 16.5. The fraction of sp³-hybridized carbons (Fsp3) is 0.333. The van der Waals surface area contributed by atoms with Crippen molar-refractivity contribution in [1.82, 2.24) is 4.90 Å². The van der Waals surface area contributed by atoms with Crippen molar-refractivity contribution in [3.05, 3.63) is 59.7 Å². The number of benzene rings is 2. The Balaban J connectivity index is 1.94. The average Bonchev–Trinajstić information content (AvgIpc) is 3.13. The maximum absolute atomic E-state index is 13.0. The number of rotatable bonds is 5. The fourth-order valence-electron chi connectivity index (χ4n) is 3.37. The summed E-state index contributed by atoms with van der Waals surface area (Å²) in [5.74, 6) is -0.604. The zero-order chi connectivity index (χ0) is 19.4. The SMILES string of the molecule is CCN(C(=O)c1cccc(-c2ccccc2C(=O)OC)c1)[C@H]1COC[C@@H]1O. The summed E-state index contributed by atoms with van der Waals surface area (Å²) in [4.78, 5) is 26.7. The molecule has 1 amide bonds. The van der Waals surface area contributed by atoms with Crippen LogP contribution in [0.1, 0.15) is 27.6 Å². The molecule has 27 heavy (non-hydrogen) atoms. The largest absolute Gasteiger partial charge is 0.465 e. The number of carbonyl (C=O) groups excluding carboxylic acids is 2. The second kappa shape index (κ2) is 8.33. The molecule has 6 heteroatoms. The van der Waals surface area contributed by atoms with Crippen LogP contribution in [0, 0.1) is 0 Å². The van der Waals surface area contributed by atoms with E-state index in [0.29, 0.717) is 29.8 Å². The quantitative estimate of drug-likeness (QED) is 0.819. The minimum Gasteiger partial charge on any atom is -0.465 e. The molecule has 1 heterocycles. The van der Waals surface area contributed by atoms with Crippen LogP contribution in [0.25, 0.3) is 11.1 Å². The van der Waals surface area contributed by atoms with Gasteiger partial charge in [-0.2, -0.15) is 0 Å². The number of nitrogens with zero attached hydrogens (tertiary/aromatic N) is 1. The molecule has 0 saturated carbocycles. The lowest BCUT2D eigenvalue weighted by Crippen LogP contribution is -2.46. The molecule has 0 aromatic heterocycles. The van der Waals surface area contributed by atoms with E-state index in [4.69, 9.17) is 9.47 Å². The van der Waals surface area contributed by atoms with E-state index in [1.54, 1.807) is 35.2 Å². The number of amides is 1. The van der Waals surface area contributed by atoms with E-state index in [-0.39, 0.29) is 18.6 Å². The second-order valence-corrected chi connectivity index (χ2v) is 6.38. The number of hydrogen-bond acceptors (Lipinski definition) is 5. The van der Waals surface area contributed by atoms with Crippen molar-refractivity contribution in [2.45, 2.75) is 19.1 Å². The molecular formula is C21H23NO5. The average molecular weight is 369 g/mol. The highest BCUT2D eigenvalue weighted by molar-refractivity contribution is 5.99. The molecular weight excluding hydrogens is 346 g/mol. The van der Waals surface area contributed by atoms with Gasteiger partial charge in [0.15, 0.2) is 0 Å². The smallest absolute Gasteiger partial charge is 0.338 e. The Morgan fingerprint density at radius 1 is 1.19 bits per heavy atom. The van der Waals surface area contributed by atoms with E-state index in [9.17, 15) is 14.7 Å². The summed E-state index contributed by atoms with van der Waals surface area (Å²) in [5.41, 5.74) is 2.39. The van der Waals surface area contributed by atoms with Crippen molar-refractivity contribution in [3.63, 3.8) is 0 Å². The molecule has 3 rings (SSSR count). The van der Waals surface area contributed by atoms with Crippen LogP contribution in [-0.4, -0.2) is 60.9 Å². The van der Waals surface area contributed by atoms with Crippen LogP contribution in [-0.2, 0) is 9.47 Å². The van der Waals surface area contributed by atoms with Crippen molar-refractivity contribution in [2.75, 3.05) is 26.9 Å². The van der Waals surface area contributed by atoms with Gasteiger partial charge >= 0.3 is 5.97 Å². The summed E-state index contributed by atoms with van der Waals surface area (Å²) in [6.45, 7) is 2.90. The van der Waals surface area contributed by atoms with Gasteiger partial charge in [0.2, 0.25) is 0 Å². The van der Waals surface area contributed by atoms with Gasteiger partial charge in [-0.15, -0.1) is 0 Å². The first kappa shape index (κ1) is 19.1. The standard InChI is InChI=1S/C21H23NO5/c1-3-22(18-12-27-13-19(18)23)20(24)15-8-6-7-14(11-15)16-9-4-5-10-17(16)21(25)26-2/h4-11,18-19,23H,3,12-13H2,1-2H3/t18-,19-/m0/s1. The zero-order valence-corrected chi connectivity index (χ0v) is 15.4. The molecule has 2 aromatic carbocycles. The van der Waals surface area contributed by atoms with Crippen LogP contribution >= 0.6 is 0 Å². The van der Waals surface area contributed by atoms with Crippen LogP contribution in [0.4, 0.5) is 0 Å². The lowest BCUT2D eigenvalue weighted by atomic mass is 9.97. The Hall–Kier alpha value is -2.70. The van der Waals surface area contributed by atoms with Gasteiger partial charge in [0.1, 0.15) is 0 Å². The zero-order valence-electron chi connectivity index (χ0n) is 15.4. The number of hydrogen-bond donors (Lipinski definition) is 1. The lowest BCUT2D eigenvalue weighted by Gasteiger charge is -2.29. The van der Waals surface area contributed by atoms with E-state index in [2.05, 4.69) is 0 Å². The molecule has 2 aromatic rings. The topological polar surface area (TPSA) is 76.1 Å². The highest BCUT2D eigenvalue weighted by Gasteiger charge is 2.34. The van der Waals surface area contributed by atoms with Crippen LogP contribution in [0.5, 0.6) is 0 Å². The predicted molar refractivity (Wildman–Crippen MR) is 101 cm³/mol. The molecule has 1 aliphatic heterocycles. The van der Waals surface area contributed by atoms with Gasteiger partial charge in [-0.05, 0) is 36.2 Å². The van der Waals surface area contributed by atoms with E-state index < -0.39 is 12.1 Å². The number of likely N-dealkylation sites (N-methyl/N-ethyl adjacent to an activating group) is 1. The van der Waals surface area contributed by atoms with Crippen molar-refractivity contribution < 1.29 is 24.2 Å². The van der Waals surface area contributed by atoms with Gasteiger partial charge in [-0.25, -0.2) is 4.79 Å². The lowest BCUT2D eigenvalue weighted by molar-refractivity contribution is 0.0520. The third-order valence-electron chi connectivity index (χ3n) is 4.78. The highest BCUT2D eigenvalue weighted by Crippen LogP contribution is 2.26. The Bertz CT molecular complexity index is 835. The normalized spacial score (nSPS) is 18.9. The van der Waals surface area contributed by atoms with Gasteiger partial charge in [0.05, 0.1) is 38.0 Å². The van der Waals surface area contributed by atoms with E-state index in [1.807, 2.05) is 25.1 Å². The van der Waals surface area contributed by atoms with Crippen molar-refractivity contribution >= 4 is 11.9 Å². The van der Waals surface area contributed by atoms with Crippen LogP contribution in [0.3, 0.4) is 0 Å². The molecule has 0 aliphatic carbocycles. The first-order valence-electron chi connectivity index (χ1n) is 8.91. The molecule has 0 spiro atoms. The minimum atomic E-state index is -0.683. The number of aliphatic hydroxyl groups is 1. The van der Waals surface area contributed by atoms with Crippen LogP contribution in [0.15, 0.2) is 48.5 Å². The maximum Gasteiger partial charge on any atom is 0.338 e. The third kappa shape index (κ3) is 3.86. The summed E-state index contributed by atoms with van der Waals surface area (Å²) in [6.07, 6.45) is -0.683. The molecule has 0 radical (unpaired) electrons. The first-order chi connectivity index (χ1) is 13.1. The van der Waals surface area contributed by atoms with Crippen molar-refractivity contribution in [2.24, 2.45) is 0 Å². The first-order valence-corrected chi connectivity index (χ1v) is 8.91. The molecule has 1 N–H and O–H groups in total. The molecule has 2 atom stereocenters. The summed E-state index contributed by atoms with van der Waals surface area (Å²) >= 11 is 0. The Morgan fingerprint density at radius 3 is 2.63 bits per heavy atom. The number of carbonyl (C=O) groups is 2. The predicted octanol–water partition coefficient (Wildman–Crippen LogP) is 2.36. The molecule has 6 nitrogen and oxygen atoms in total.